The smallest absolute Gasteiger partial charge is 0.139 e. The molecule has 0 aliphatic carbocycles. The van der Waals surface area contributed by atoms with E-state index in [4.69, 9.17) is 11.2 Å². The number of aliphatic hydroxyl groups is 1. The Hall–Kier alpha value is -0.560. The van der Waals surface area contributed by atoms with Crippen LogP contribution in [0.25, 0.3) is 0 Å². The minimum absolute atomic E-state index is 0.195. The van der Waals surface area contributed by atoms with Gasteiger partial charge in [0.25, 0.3) is 0 Å². The van der Waals surface area contributed by atoms with Crippen molar-refractivity contribution in [2.24, 2.45) is 0 Å². The van der Waals surface area contributed by atoms with E-state index in [-0.39, 0.29) is 6.10 Å². The lowest BCUT2D eigenvalue weighted by atomic mass is 10.1. The second kappa shape index (κ2) is 4.10. The van der Waals surface area contributed by atoms with Crippen LogP contribution in [-0.4, -0.2) is 48.5 Å². The van der Waals surface area contributed by atoms with Gasteiger partial charge in [0, 0.05) is 33.2 Å². The first-order valence-electron chi connectivity index (χ1n) is 4.55. The highest BCUT2D eigenvalue weighted by Crippen LogP contribution is 2.20. The number of methoxy groups -OCH3 is 1. The van der Waals surface area contributed by atoms with E-state index in [1.165, 1.54) is 0 Å². The number of nitrogens with zero attached hydrogens (tertiary/aromatic N) is 1. The van der Waals surface area contributed by atoms with Gasteiger partial charge in [0.1, 0.15) is 5.60 Å². The number of rotatable bonds is 3. The summed E-state index contributed by atoms with van der Waals surface area (Å²) in [4.78, 5) is 2.13. The molecule has 0 aromatic carbocycles. The molecule has 3 nitrogen and oxygen atoms in total. The zero-order valence-corrected chi connectivity index (χ0v) is 8.29. The van der Waals surface area contributed by atoms with Gasteiger partial charge in [-0.2, -0.15) is 0 Å². The van der Waals surface area contributed by atoms with E-state index in [1.54, 1.807) is 7.11 Å². The molecule has 1 rings (SSSR count). The Morgan fingerprint density at radius 2 is 2.46 bits per heavy atom. The lowest BCUT2D eigenvalue weighted by Crippen LogP contribution is -2.35. The number of hydrogen-bond acceptors (Lipinski definition) is 3. The van der Waals surface area contributed by atoms with Crippen LogP contribution < -0.4 is 0 Å². The highest BCUT2D eigenvalue weighted by Gasteiger charge is 2.34. The first-order valence-corrected chi connectivity index (χ1v) is 4.55. The van der Waals surface area contributed by atoms with Crippen LogP contribution in [0.1, 0.15) is 13.3 Å². The van der Waals surface area contributed by atoms with Crippen molar-refractivity contribution in [1.82, 2.24) is 4.90 Å². The Morgan fingerprint density at radius 3 is 2.92 bits per heavy atom. The van der Waals surface area contributed by atoms with Gasteiger partial charge in [-0.05, 0) is 6.92 Å². The highest BCUT2D eigenvalue weighted by atomic mass is 16.5. The van der Waals surface area contributed by atoms with E-state index in [1.807, 2.05) is 6.92 Å². The lowest BCUT2D eigenvalue weighted by Gasteiger charge is -2.20. The fraction of sp³-hybridized carbons (Fsp3) is 0.800. The molecule has 1 N–H and O–H groups in total. The molecule has 3 heteroatoms. The van der Waals surface area contributed by atoms with E-state index in [0.717, 1.165) is 13.1 Å². The average Bonchev–Trinajstić information content (AvgIpc) is 2.48. The van der Waals surface area contributed by atoms with E-state index in [2.05, 4.69) is 10.8 Å². The molecule has 1 aliphatic heterocycles. The Kier molecular flexibility index (Phi) is 3.32. The minimum Gasteiger partial charge on any atom is -0.380 e. The monoisotopic (exact) mass is 183 g/mol. The molecule has 0 aromatic heterocycles. The van der Waals surface area contributed by atoms with Crippen LogP contribution in [0.5, 0.6) is 0 Å². The molecule has 0 aromatic rings. The number of terminal acetylenes is 1. The van der Waals surface area contributed by atoms with Gasteiger partial charge in [-0.3, -0.25) is 4.90 Å². The van der Waals surface area contributed by atoms with Gasteiger partial charge < -0.3 is 9.84 Å². The summed E-state index contributed by atoms with van der Waals surface area (Å²) in [7, 11) is 1.69. The molecule has 1 aliphatic rings. The van der Waals surface area contributed by atoms with Crippen molar-refractivity contribution in [2.75, 3.05) is 26.7 Å². The van der Waals surface area contributed by atoms with Crippen LogP contribution in [0.4, 0.5) is 0 Å². The van der Waals surface area contributed by atoms with E-state index in [9.17, 15) is 5.11 Å². The predicted molar refractivity (Wildman–Crippen MR) is 51.3 cm³/mol. The zero-order valence-electron chi connectivity index (χ0n) is 8.29. The molecule has 1 fully saturated rings. The van der Waals surface area contributed by atoms with Gasteiger partial charge in [0.05, 0.1) is 6.10 Å². The number of hydrogen-bond donors (Lipinski definition) is 1. The summed E-state index contributed by atoms with van der Waals surface area (Å²) in [6.07, 6.45) is 6.10. The van der Waals surface area contributed by atoms with Gasteiger partial charge in [-0.25, -0.2) is 0 Å². The summed E-state index contributed by atoms with van der Waals surface area (Å²) in [5.74, 6) is 2.43. The summed E-state index contributed by atoms with van der Waals surface area (Å²) >= 11 is 0. The van der Waals surface area contributed by atoms with Crippen molar-refractivity contribution in [1.29, 1.82) is 0 Å². The molecule has 0 amide bonds. The van der Waals surface area contributed by atoms with Crippen molar-refractivity contribution in [3.8, 4) is 12.3 Å². The molecule has 0 bridgehead atoms. The third-order valence-corrected chi connectivity index (χ3v) is 2.51. The summed E-state index contributed by atoms with van der Waals surface area (Å²) in [6, 6.07) is 0. The van der Waals surface area contributed by atoms with Gasteiger partial charge in [-0.15, -0.1) is 6.42 Å². The normalized spacial score (nSPS) is 31.5. The van der Waals surface area contributed by atoms with Crippen LogP contribution >= 0.6 is 0 Å². The van der Waals surface area contributed by atoms with Crippen molar-refractivity contribution < 1.29 is 9.84 Å². The zero-order chi connectivity index (χ0) is 9.90. The van der Waals surface area contributed by atoms with Gasteiger partial charge in [0.15, 0.2) is 0 Å². The predicted octanol–water partition coefficient (Wildman–Crippen LogP) is 0.0913. The van der Waals surface area contributed by atoms with E-state index in [0.29, 0.717) is 13.0 Å². The molecule has 1 heterocycles. The molecule has 0 saturated carbocycles. The summed E-state index contributed by atoms with van der Waals surface area (Å²) in [6.45, 7) is 4.26. The van der Waals surface area contributed by atoms with Gasteiger partial charge >= 0.3 is 0 Å². The second-order valence-corrected chi connectivity index (χ2v) is 3.71. The fourth-order valence-corrected chi connectivity index (χ4v) is 1.58. The van der Waals surface area contributed by atoms with E-state index < -0.39 is 5.60 Å². The highest BCUT2D eigenvalue weighted by molar-refractivity contribution is 5.12. The topological polar surface area (TPSA) is 32.7 Å². The SMILES string of the molecule is C#CC1(O)CCN(CC(C)OC)C1. The van der Waals surface area contributed by atoms with Gasteiger partial charge in [0.2, 0.25) is 0 Å². The molecule has 0 radical (unpaired) electrons. The Balaban J connectivity index is 2.38. The number of likely N-dealkylation sites (tertiary alicyclic amines) is 1. The third-order valence-electron chi connectivity index (χ3n) is 2.51. The maximum Gasteiger partial charge on any atom is 0.139 e. The Labute approximate surface area is 79.7 Å². The molecule has 74 valence electrons. The Bertz CT molecular complexity index is 211. The van der Waals surface area contributed by atoms with Gasteiger partial charge in [-0.1, -0.05) is 5.92 Å². The molecule has 2 atom stereocenters. The van der Waals surface area contributed by atoms with Crippen molar-refractivity contribution in [3.63, 3.8) is 0 Å². The van der Waals surface area contributed by atoms with Crippen molar-refractivity contribution in [2.45, 2.75) is 25.0 Å². The first kappa shape index (κ1) is 10.5. The molecule has 2 unspecified atom stereocenters. The summed E-state index contributed by atoms with van der Waals surface area (Å²) < 4.78 is 5.14. The number of β-amino-alcohol motifs (C(OH)–C–C–N with tert-alkyl or cyclic N) is 1. The van der Waals surface area contributed by atoms with Crippen LogP contribution in [0.15, 0.2) is 0 Å². The molecule has 13 heavy (non-hydrogen) atoms. The van der Waals surface area contributed by atoms with Crippen molar-refractivity contribution >= 4 is 0 Å². The van der Waals surface area contributed by atoms with Crippen LogP contribution in [0.3, 0.4) is 0 Å². The summed E-state index contributed by atoms with van der Waals surface area (Å²) in [5, 5.41) is 9.74. The third kappa shape index (κ3) is 2.70. The summed E-state index contributed by atoms with van der Waals surface area (Å²) in [5.41, 5.74) is -0.909. The maximum absolute atomic E-state index is 9.74. The quantitative estimate of drug-likeness (QED) is 0.629. The molecular formula is C10H17NO2. The molecule has 1 saturated heterocycles. The first-order chi connectivity index (χ1) is 6.09. The van der Waals surface area contributed by atoms with Crippen LogP contribution in [0.2, 0.25) is 0 Å². The minimum atomic E-state index is -0.909. The Morgan fingerprint density at radius 1 is 1.77 bits per heavy atom. The average molecular weight is 183 g/mol. The molecule has 0 spiro atoms. The maximum atomic E-state index is 9.74. The molecular weight excluding hydrogens is 166 g/mol. The lowest BCUT2D eigenvalue weighted by molar-refractivity contribution is 0.0684. The van der Waals surface area contributed by atoms with Crippen LogP contribution in [0, 0.1) is 12.3 Å². The van der Waals surface area contributed by atoms with E-state index >= 15 is 0 Å². The van der Waals surface area contributed by atoms with Crippen molar-refractivity contribution in [3.05, 3.63) is 0 Å². The fourth-order valence-electron chi connectivity index (χ4n) is 1.58. The standard InChI is InChI=1S/C10H17NO2/c1-4-10(12)5-6-11(8-10)7-9(2)13-3/h1,9,12H,5-8H2,2-3H3. The van der Waals surface area contributed by atoms with Crippen LogP contribution in [-0.2, 0) is 4.74 Å². The second-order valence-electron chi connectivity index (χ2n) is 3.71. The number of ether oxygens (including phenoxy) is 1. The largest absolute Gasteiger partial charge is 0.380 e.